The van der Waals surface area contributed by atoms with Crippen LogP contribution in [0.4, 0.5) is 0 Å². The molecule has 1 rings (SSSR count). The summed E-state index contributed by atoms with van der Waals surface area (Å²) >= 11 is 3.32. The van der Waals surface area contributed by atoms with E-state index in [9.17, 15) is 4.79 Å². The second kappa shape index (κ2) is 4.21. The predicted molar refractivity (Wildman–Crippen MR) is 53.1 cm³/mol. The van der Waals surface area contributed by atoms with Crippen LogP contribution in [0.2, 0.25) is 0 Å². The van der Waals surface area contributed by atoms with Gasteiger partial charge in [0, 0.05) is 10.9 Å². The molecule has 0 unspecified atom stereocenters. The molecule has 0 amide bonds. The van der Waals surface area contributed by atoms with Crippen LogP contribution in [0.25, 0.3) is 0 Å². The zero-order chi connectivity index (χ0) is 8.97. The molecule has 0 atom stereocenters. The Bertz CT molecular complexity index is 287. The number of rotatable bonds is 3. The summed E-state index contributed by atoms with van der Waals surface area (Å²) in [6, 6.07) is 7.69. The number of halogens is 1. The molecule has 0 aliphatic carbocycles. The zero-order valence-corrected chi connectivity index (χ0v) is 8.17. The van der Waals surface area contributed by atoms with Crippen LogP contribution in [0.15, 0.2) is 41.4 Å². The van der Waals surface area contributed by atoms with Crippen LogP contribution < -0.4 is 0 Å². The van der Waals surface area contributed by atoms with E-state index in [0.717, 1.165) is 10.0 Å². The monoisotopic (exact) mass is 224 g/mol. The van der Waals surface area contributed by atoms with Crippen molar-refractivity contribution in [2.45, 2.75) is 6.42 Å². The van der Waals surface area contributed by atoms with Gasteiger partial charge in [-0.3, -0.25) is 4.79 Å². The summed E-state index contributed by atoms with van der Waals surface area (Å²) in [6.07, 6.45) is 1.79. The molecule has 0 N–H and O–H groups in total. The predicted octanol–water partition coefficient (Wildman–Crippen LogP) is 2.75. The van der Waals surface area contributed by atoms with Gasteiger partial charge in [-0.1, -0.05) is 34.6 Å². The van der Waals surface area contributed by atoms with E-state index in [-0.39, 0.29) is 5.78 Å². The Morgan fingerprint density at radius 3 is 2.50 bits per heavy atom. The number of hydrogen-bond donors (Lipinski definition) is 0. The molecule has 0 radical (unpaired) electrons. The molecule has 1 aromatic carbocycles. The fourth-order valence-electron chi connectivity index (χ4n) is 0.876. The molecule has 62 valence electrons. The molecule has 0 aliphatic rings. The number of carbonyl (C=O) groups excluding carboxylic acids is 1. The Morgan fingerprint density at radius 1 is 1.42 bits per heavy atom. The lowest BCUT2D eigenvalue weighted by atomic mass is 10.1. The van der Waals surface area contributed by atoms with Crippen LogP contribution in [-0.4, -0.2) is 5.78 Å². The first kappa shape index (κ1) is 9.20. The lowest BCUT2D eigenvalue weighted by Crippen LogP contribution is -1.96. The molecule has 12 heavy (non-hydrogen) atoms. The van der Waals surface area contributed by atoms with Gasteiger partial charge in [0.25, 0.3) is 0 Å². The van der Waals surface area contributed by atoms with E-state index in [0.29, 0.717) is 6.42 Å². The van der Waals surface area contributed by atoms with E-state index in [4.69, 9.17) is 0 Å². The maximum atomic E-state index is 10.9. The molecule has 0 aromatic heterocycles. The Balaban J connectivity index is 2.71. The quantitative estimate of drug-likeness (QED) is 0.723. The maximum absolute atomic E-state index is 10.9. The minimum absolute atomic E-state index is 0.0531. The average molecular weight is 225 g/mol. The molecule has 0 heterocycles. The van der Waals surface area contributed by atoms with E-state index in [1.807, 2.05) is 24.3 Å². The third kappa shape index (κ3) is 2.62. The lowest BCUT2D eigenvalue weighted by molar-refractivity contribution is -0.114. The zero-order valence-electron chi connectivity index (χ0n) is 6.59. The summed E-state index contributed by atoms with van der Waals surface area (Å²) in [5.74, 6) is 0.0531. The van der Waals surface area contributed by atoms with Crippen molar-refractivity contribution < 1.29 is 4.79 Å². The van der Waals surface area contributed by atoms with Gasteiger partial charge in [-0.25, -0.2) is 0 Å². The fourth-order valence-corrected chi connectivity index (χ4v) is 1.14. The largest absolute Gasteiger partial charge is 0.295 e. The molecule has 0 aliphatic heterocycles. The van der Waals surface area contributed by atoms with Gasteiger partial charge in [0.05, 0.1) is 0 Å². The summed E-state index contributed by atoms with van der Waals surface area (Å²) < 4.78 is 1.03. The van der Waals surface area contributed by atoms with E-state index in [1.54, 1.807) is 0 Å². The van der Waals surface area contributed by atoms with Gasteiger partial charge in [0.15, 0.2) is 5.78 Å². The molecule has 0 fully saturated rings. The van der Waals surface area contributed by atoms with Crippen molar-refractivity contribution in [3.8, 4) is 0 Å². The highest BCUT2D eigenvalue weighted by Gasteiger charge is 1.97. The number of benzene rings is 1. The van der Waals surface area contributed by atoms with E-state index < -0.39 is 0 Å². The number of hydrogen-bond acceptors (Lipinski definition) is 1. The van der Waals surface area contributed by atoms with Crippen LogP contribution in [0.1, 0.15) is 5.56 Å². The summed E-state index contributed by atoms with van der Waals surface area (Å²) in [6.45, 7) is 3.42. The molecule has 0 saturated heterocycles. The van der Waals surface area contributed by atoms with E-state index in [2.05, 4.69) is 22.5 Å². The van der Waals surface area contributed by atoms with Crippen molar-refractivity contribution in [3.05, 3.63) is 47.0 Å². The fraction of sp³-hybridized carbons (Fsp3) is 0.100. The summed E-state index contributed by atoms with van der Waals surface area (Å²) in [5, 5.41) is 0. The number of carbonyl (C=O) groups is 1. The number of ketones is 1. The second-order valence-electron chi connectivity index (χ2n) is 2.47. The third-order valence-corrected chi connectivity index (χ3v) is 2.05. The van der Waals surface area contributed by atoms with Crippen molar-refractivity contribution in [1.29, 1.82) is 0 Å². The van der Waals surface area contributed by atoms with Gasteiger partial charge in [-0.05, 0) is 23.8 Å². The van der Waals surface area contributed by atoms with Crippen molar-refractivity contribution in [3.63, 3.8) is 0 Å². The second-order valence-corrected chi connectivity index (χ2v) is 3.39. The van der Waals surface area contributed by atoms with Crippen molar-refractivity contribution in [2.24, 2.45) is 0 Å². The standard InChI is InChI=1S/C10H9BrO/c1-2-10(12)7-8-3-5-9(11)6-4-8/h2-6H,1,7H2. The summed E-state index contributed by atoms with van der Waals surface area (Å²) in [7, 11) is 0. The van der Waals surface area contributed by atoms with Gasteiger partial charge in [0.1, 0.15) is 0 Å². The Kier molecular flexibility index (Phi) is 3.23. The number of allylic oxidation sites excluding steroid dienone is 1. The van der Waals surface area contributed by atoms with Crippen LogP contribution in [0.5, 0.6) is 0 Å². The van der Waals surface area contributed by atoms with Crippen molar-refractivity contribution in [1.82, 2.24) is 0 Å². The first-order valence-electron chi connectivity index (χ1n) is 3.62. The van der Waals surface area contributed by atoms with Gasteiger partial charge in [-0.15, -0.1) is 0 Å². The minimum atomic E-state index is 0.0531. The van der Waals surface area contributed by atoms with Crippen molar-refractivity contribution in [2.75, 3.05) is 0 Å². The summed E-state index contributed by atoms with van der Waals surface area (Å²) in [5.41, 5.74) is 1.02. The van der Waals surface area contributed by atoms with Gasteiger partial charge in [-0.2, -0.15) is 0 Å². The summed E-state index contributed by atoms with van der Waals surface area (Å²) in [4.78, 5) is 10.9. The molecule has 1 nitrogen and oxygen atoms in total. The first-order chi connectivity index (χ1) is 5.72. The Hall–Kier alpha value is -0.890. The highest BCUT2D eigenvalue weighted by atomic mass is 79.9. The van der Waals surface area contributed by atoms with E-state index in [1.165, 1.54) is 6.08 Å². The van der Waals surface area contributed by atoms with Gasteiger partial charge in [0.2, 0.25) is 0 Å². The third-order valence-electron chi connectivity index (χ3n) is 1.52. The maximum Gasteiger partial charge on any atom is 0.159 e. The van der Waals surface area contributed by atoms with Crippen LogP contribution >= 0.6 is 15.9 Å². The normalized spacial score (nSPS) is 9.42. The Morgan fingerprint density at radius 2 is 2.00 bits per heavy atom. The average Bonchev–Trinajstić information content (AvgIpc) is 2.09. The van der Waals surface area contributed by atoms with Crippen LogP contribution in [0.3, 0.4) is 0 Å². The van der Waals surface area contributed by atoms with Gasteiger partial charge < -0.3 is 0 Å². The van der Waals surface area contributed by atoms with Crippen LogP contribution in [-0.2, 0) is 11.2 Å². The minimum Gasteiger partial charge on any atom is -0.295 e. The Labute approximate surface area is 80.2 Å². The molecular formula is C10H9BrO. The van der Waals surface area contributed by atoms with Crippen LogP contribution in [0, 0.1) is 0 Å². The molecule has 0 saturated carbocycles. The first-order valence-corrected chi connectivity index (χ1v) is 4.41. The SMILES string of the molecule is C=CC(=O)Cc1ccc(Br)cc1. The highest BCUT2D eigenvalue weighted by Crippen LogP contribution is 2.10. The smallest absolute Gasteiger partial charge is 0.159 e. The van der Waals surface area contributed by atoms with Gasteiger partial charge >= 0.3 is 0 Å². The highest BCUT2D eigenvalue weighted by molar-refractivity contribution is 9.10. The molecule has 0 spiro atoms. The van der Waals surface area contributed by atoms with Crippen molar-refractivity contribution >= 4 is 21.7 Å². The molecule has 0 bridgehead atoms. The van der Waals surface area contributed by atoms with E-state index >= 15 is 0 Å². The molecular weight excluding hydrogens is 216 g/mol. The topological polar surface area (TPSA) is 17.1 Å². The molecule has 1 aromatic rings. The molecule has 2 heteroatoms. The lowest BCUT2D eigenvalue weighted by Gasteiger charge is -1.96.